The van der Waals surface area contributed by atoms with Crippen molar-refractivity contribution in [2.45, 2.75) is 0 Å². The molecule has 0 unspecified atom stereocenters. The molecule has 1 N–H and O–H groups in total. The Balaban J connectivity index is 3.39. The van der Waals surface area contributed by atoms with Gasteiger partial charge in [-0.15, -0.1) is 4.73 Å². The van der Waals surface area contributed by atoms with E-state index in [-0.39, 0.29) is 9.48 Å². The standard InChI is InChI=1S/C6H4INO3/c7-6(10)4-2-1-3-5(9)8(4)11/h1-3,11H. The van der Waals surface area contributed by atoms with Crippen LogP contribution >= 0.6 is 22.6 Å². The van der Waals surface area contributed by atoms with Crippen LogP contribution in [-0.2, 0) is 0 Å². The monoisotopic (exact) mass is 265 g/mol. The fraction of sp³-hybridized carbons (Fsp3) is 0. The first kappa shape index (κ1) is 8.25. The Kier molecular flexibility index (Phi) is 2.28. The van der Waals surface area contributed by atoms with Gasteiger partial charge in [0.05, 0.1) is 0 Å². The second kappa shape index (κ2) is 3.04. The summed E-state index contributed by atoms with van der Waals surface area (Å²) in [4.78, 5) is 21.4. The number of halogens is 1. The molecule has 0 bridgehead atoms. The van der Waals surface area contributed by atoms with Crippen LogP contribution in [0.2, 0.25) is 0 Å². The van der Waals surface area contributed by atoms with Crippen molar-refractivity contribution in [3.63, 3.8) is 0 Å². The van der Waals surface area contributed by atoms with Gasteiger partial charge in [-0.1, -0.05) is 6.07 Å². The van der Waals surface area contributed by atoms with E-state index in [1.807, 2.05) is 0 Å². The molecule has 0 saturated heterocycles. The number of carbonyl (C=O) groups is 1. The average molecular weight is 265 g/mol. The molecule has 0 saturated carbocycles. The van der Waals surface area contributed by atoms with Gasteiger partial charge < -0.3 is 5.21 Å². The number of aromatic nitrogens is 1. The highest BCUT2D eigenvalue weighted by atomic mass is 127. The Morgan fingerprint density at radius 2 is 2.18 bits per heavy atom. The predicted octanol–water partition coefficient (Wildman–Crippen LogP) is 0.661. The minimum Gasteiger partial charge on any atom is -0.425 e. The van der Waals surface area contributed by atoms with Gasteiger partial charge in [0.1, 0.15) is 5.69 Å². The Hall–Kier alpha value is -0.850. The molecule has 0 radical (unpaired) electrons. The van der Waals surface area contributed by atoms with E-state index in [2.05, 4.69) is 0 Å². The quantitative estimate of drug-likeness (QED) is 0.461. The van der Waals surface area contributed by atoms with Crippen molar-refractivity contribution in [1.82, 2.24) is 4.73 Å². The van der Waals surface area contributed by atoms with Crippen molar-refractivity contribution in [2.75, 3.05) is 0 Å². The van der Waals surface area contributed by atoms with Crippen LogP contribution in [0.1, 0.15) is 10.5 Å². The summed E-state index contributed by atoms with van der Waals surface area (Å²) < 4.78 is -0.0443. The number of pyridine rings is 1. The molecule has 0 atom stereocenters. The molecule has 5 heteroatoms. The van der Waals surface area contributed by atoms with Crippen molar-refractivity contribution in [2.24, 2.45) is 0 Å². The molecule has 1 aromatic heterocycles. The summed E-state index contributed by atoms with van der Waals surface area (Å²) in [6.45, 7) is 0. The lowest BCUT2D eigenvalue weighted by Crippen LogP contribution is -2.20. The molecular weight excluding hydrogens is 261 g/mol. The summed E-state index contributed by atoms with van der Waals surface area (Å²) in [5, 5.41) is 8.95. The molecule has 58 valence electrons. The molecule has 11 heavy (non-hydrogen) atoms. The first-order valence-corrected chi connectivity index (χ1v) is 3.82. The average Bonchev–Trinajstić information content (AvgIpc) is 1.94. The van der Waals surface area contributed by atoms with Crippen molar-refractivity contribution >= 4 is 26.4 Å². The van der Waals surface area contributed by atoms with Gasteiger partial charge >= 0.3 is 0 Å². The van der Waals surface area contributed by atoms with Gasteiger partial charge in [-0.05, 0) is 6.07 Å². The fourth-order valence-electron chi connectivity index (χ4n) is 0.630. The Morgan fingerprint density at radius 1 is 1.55 bits per heavy atom. The van der Waals surface area contributed by atoms with Crippen molar-refractivity contribution in [3.8, 4) is 0 Å². The topological polar surface area (TPSA) is 59.3 Å². The maximum atomic E-state index is 10.7. The Morgan fingerprint density at radius 3 is 2.64 bits per heavy atom. The lowest BCUT2D eigenvalue weighted by atomic mass is 10.4. The predicted molar refractivity (Wildman–Crippen MR) is 46.2 cm³/mol. The Labute approximate surface area is 75.6 Å². The van der Waals surface area contributed by atoms with E-state index in [4.69, 9.17) is 5.21 Å². The summed E-state index contributed by atoms with van der Waals surface area (Å²) in [5.41, 5.74) is -0.620. The van der Waals surface area contributed by atoms with Crippen LogP contribution in [0.5, 0.6) is 0 Å². The largest absolute Gasteiger partial charge is 0.425 e. The van der Waals surface area contributed by atoms with E-state index in [0.29, 0.717) is 4.73 Å². The van der Waals surface area contributed by atoms with Crippen LogP contribution in [0.15, 0.2) is 23.0 Å². The zero-order valence-electron chi connectivity index (χ0n) is 5.32. The van der Waals surface area contributed by atoms with E-state index >= 15 is 0 Å². The molecular formula is C6H4INO3. The van der Waals surface area contributed by atoms with Crippen LogP contribution in [-0.4, -0.2) is 13.7 Å². The minimum absolute atomic E-state index is 0.0156. The van der Waals surface area contributed by atoms with E-state index in [1.54, 1.807) is 0 Å². The van der Waals surface area contributed by atoms with Gasteiger partial charge in [0.25, 0.3) is 5.56 Å². The first-order chi connectivity index (χ1) is 5.13. The van der Waals surface area contributed by atoms with Gasteiger partial charge in [0.2, 0.25) is 3.79 Å². The number of carbonyl (C=O) groups excluding carboxylic acids is 1. The molecule has 1 heterocycles. The van der Waals surface area contributed by atoms with Crippen LogP contribution < -0.4 is 5.56 Å². The SMILES string of the molecule is O=C(I)c1cccc(=O)n1O. The highest BCUT2D eigenvalue weighted by Gasteiger charge is 2.06. The summed E-state index contributed by atoms with van der Waals surface area (Å²) in [7, 11) is 0. The van der Waals surface area contributed by atoms with Gasteiger partial charge in [-0.25, -0.2) is 0 Å². The number of hydrogen-bond donors (Lipinski definition) is 1. The molecule has 4 nitrogen and oxygen atoms in total. The minimum atomic E-state index is -0.604. The second-order valence-electron chi connectivity index (χ2n) is 1.83. The molecule has 0 amide bonds. The van der Waals surface area contributed by atoms with Gasteiger partial charge in [-0.3, -0.25) is 9.59 Å². The first-order valence-electron chi connectivity index (χ1n) is 2.74. The zero-order valence-corrected chi connectivity index (χ0v) is 7.48. The smallest absolute Gasteiger partial charge is 0.283 e. The molecule has 0 aliphatic rings. The summed E-state index contributed by atoms with van der Waals surface area (Å²) in [5.74, 6) is 0. The lowest BCUT2D eigenvalue weighted by molar-refractivity contribution is 0.104. The van der Waals surface area contributed by atoms with Gasteiger partial charge in [0, 0.05) is 28.7 Å². The lowest BCUT2D eigenvalue weighted by Gasteiger charge is -1.98. The maximum absolute atomic E-state index is 10.7. The zero-order chi connectivity index (χ0) is 8.43. The van der Waals surface area contributed by atoms with Crippen LogP contribution in [0.25, 0.3) is 0 Å². The number of nitrogens with zero attached hydrogens (tertiary/aromatic N) is 1. The molecule has 0 fully saturated rings. The van der Waals surface area contributed by atoms with Crippen molar-refractivity contribution in [3.05, 3.63) is 34.2 Å². The third-order valence-electron chi connectivity index (χ3n) is 1.13. The summed E-state index contributed by atoms with van der Waals surface area (Å²) >= 11 is 1.49. The third kappa shape index (κ3) is 1.59. The molecule has 0 spiro atoms. The molecule has 0 aromatic carbocycles. The van der Waals surface area contributed by atoms with Crippen LogP contribution in [0, 0.1) is 0 Å². The number of hydrogen-bond acceptors (Lipinski definition) is 3. The molecule has 0 aliphatic heterocycles. The van der Waals surface area contributed by atoms with E-state index in [1.165, 1.54) is 40.8 Å². The van der Waals surface area contributed by atoms with E-state index in [0.717, 1.165) is 0 Å². The summed E-state index contributed by atoms with van der Waals surface area (Å²) in [6.07, 6.45) is 0. The maximum Gasteiger partial charge on any atom is 0.283 e. The van der Waals surface area contributed by atoms with Crippen molar-refractivity contribution < 1.29 is 10.0 Å². The van der Waals surface area contributed by atoms with E-state index < -0.39 is 5.56 Å². The van der Waals surface area contributed by atoms with Crippen molar-refractivity contribution in [1.29, 1.82) is 0 Å². The van der Waals surface area contributed by atoms with E-state index in [9.17, 15) is 9.59 Å². The van der Waals surface area contributed by atoms with Gasteiger partial charge in [0.15, 0.2) is 0 Å². The Bertz CT molecular complexity index is 344. The highest BCUT2D eigenvalue weighted by Crippen LogP contribution is 2.00. The number of rotatable bonds is 1. The molecule has 1 rings (SSSR count). The molecule has 1 aromatic rings. The normalized spacial score (nSPS) is 9.55. The summed E-state index contributed by atoms with van der Waals surface area (Å²) in [6, 6.07) is 3.96. The molecule has 0 aliphatic carbocycles. The van der Waals surface area contributed by atoms with Crippen LogP contribution in [0.4, 0.5) is 0 Å². The van der Waals surface area contributed by atoms with Gasteiger partial charge in [-0.2, -0.15) is 0 Å². The fourth-order valence-corrected chi connectivity index (χ4v) is 1.04. The van der Waals surface area contributed by atoms with Crippen LogP contribution in [0.3, 0.4) is 0 Å². The highest BCUT2D eigenvalue weighted by molar-refractivity contribution is 14.1. The second-order valence-corrected chi connectivity index (χ2v) is 2.81. The third-order valence-corrected chi connectivity index (χ3v) is 1.68.